The Morgan fingerprint density at radius 2 is 2.16 bits per heavy atom. The van der Waals surface area contributed by atoms with Gasteiger partial charge in [0.2, 0.25) is 0 Å². The average Bonchev–Trinajstić information content (AvgIpc) is 3.13. The average molecular weight is 260 g/mol. The predicted molar refractivity (Wildman–Crippen MR) is 75.9 cm³/mol. The first-order chi connectivity index (χ1) is 8.99. The van der Waals surface area contributed by atoms with Crippen LogP contribution in [0.25, 0.3) is 0 Å². The van der Waals surface area contributed by atoms with Crippen molar-refractivity contribution in [2.24, 2.45) is 0 Å². The minimum Gasteiger partial charge on any atom is -0.297 e. The standard InChI is InChI=1S/C15H24N4/c1-5-14-11(2)18-19(12(14)3)9-8-15(4,10-16)17-13-6-7-13/h13,17H,5-9H2,1-4H3. The van der Waals surface area contributed by atoms with Gasteiger partial charge in [-0.1, -0.05) is 6.92 Å². The van der Waals surface area contributed by atoms with E-state index >= 15 is 0 Å². The lowest BCUT2D eigenvalue weighted by Crippen LogP contribution is -2.43. The largest absolute Gasteiger partial charge is 0.297 e. The number of rotatable bonds is 6. The molecule has 1 saturated carbocycles. The van der Waals surface area contributed by atoms with E-state index in [0.717, 1.165) is 25.1 Å². The number of hydrogen-bond acceptors (Lipinski definition) is 3. The van der Waals surface area contributed by atoms with Crippen molar-refractivity contribution in [2.75, 3.05) is 0 Å². The van der Waals surface area contributed by atoms with Gasteiger partial charge < -0.3 is 0 Å². The van der Waals surface area contributed by atoms with Crippen LogP contribution in [0.3, 0.4) is 0 Å². The summed E-state index contributed by atoms with van der Waals surface area (Å²) in [5.74, 6) is 0. The Bertz CT molecular complexity index is 493. The monoisotopic (exact) mass is 260 g/mol. The zero-order valence-corrected chi connectivity index (χ0v) is 12.5. The Balaban J connectivity index is 2.03. The number of nitriles is 1. The molecule has 1 aliphatic rings. The maximum atomic E-state index is 9.37. The second kappa shape index (κ2) is 5.34. The van der Waals surface area contributed by atoms with Gasteiger partial charge in [0, 0.05) is 18.3 Å². The van der Waals surface area contributed by atoms with Crippen LogP contribution in [0, 0.1) is 25.2 Å². The summed E-state index contributed by atoms with van der Waals surface area (Å²) in [6, 6.07) is 2.97. The molecular formula is C15H24N4. The summed E-state index contributed by atoms with van der Waals surface area (Å²) in [5.41, 5.74) is 3.27. The summed E-state index contributed by atoms with van der Waals surface area (Å²) in [6.45, 7) is 9.15. The first-order valence-electron chi connectivity index (χ1n) is 7.21. The third kappa shape index (κ3) is 3.16. The van der Waals surface area contributed by atoms with E-state index in [1.807, 2.05) is 6.92 Å². The van der Waals surface area contributed by atoms with Crippen molar-refractivity contribution in [3.63, 3.8) is 0 Å². The minimum atomic E-state index is -0.431. The zero-order valence-electron chi connectivity index (χ0n) is 12.5. The molecule has 1 atom stereocenters. The lowest BCUT2D eigenvalue weighted by atomic mass is 9.99. The van der Waals surface area contributed by atoms with Crippen molar-refractivity contribution >= 4 is 0 Å². The second-order valence-electron chi connectivity index (χ2n) is 5.84. The van der Waals surface area contributed by atoms with Gasteiger partial charge in [0.25, 0.3) is 0 Å². The first-order valence-corrected chi connectivity index (χ1v) is 7.21. The Morgan fingerprint density at radius 3 is 2.63 bits per heavy atom. The van der Waals surface area contributed by atoms with Crippen molar-refractivity contribution in [3.8, 4) is 6.07 Å². The lowest BCUT2D eigenvalue weighted by Gasteiger charge is -2.23. The fourth-order valence-electron chi connectivity index (χ4n) is 2.63. The number of nitrogens with one attached hydrogen (secondary N) is 1. The highest BCUT2D eigenvalue weighted by molar-refractivity contribution is 5.24. The van der Waals surface area contributed by atoms with E-state index in [1.165, 1.54) is 24.1 Å². The predicted octanol–water partition coefficient (Wildman–Crippen LogP) is 2.49. The van der Waals surface area contributed by atoms with E-state index in [-0.39, 0.29) is 0 Å². The summed E-state index contributed by atoms with van der Waals surface area (Å²) in [7, 11) is 0. The molecule has 1 aromatic rings. The molecule has 0 aliphatic heterocycles. The lowest BCUT2D eigenvalue weighted by molar-refractivity contribution is 0.376. The molecule has 0 bridgehead atoms. The van der Waals surface area contributed by atoms with Gasteiger partial charge in [-0.25, -0.2) is 0 Å². The Kier molecular flexibility index (Phi) is 3.96. The van der Waals surface area contributed by atoms with Crippen LogP contribution in [0.1, 0.15) is 50.1 Å². The highest BCUT2D eigenvalue weighted by atomic mass is 15.3. The Morgan fingerprint density at radius 1 is 1.47 bits per heavy atom. The van der Waals surface area contributed by atoms with Crippen molar-refractivity contribution in [3.05, 3.63) is 17.0 Å². The first kappa shape index (κ1) is 14.1. The fourth-order valence-corrected chi connectivity index (χ4v) is 2.63. The van der Waals surface area contributed by atoms with E-state index in [9.17, 15) is 5.26 Å². The quantitative estimate of drug-likeness (QED) is 0.855. The molecule has 1 aliphatic carbocycles. The number of hydrogen-bond donors (Lipinski definition) is 1. The molecule has 0 aromatic carbocycles. The van der Waals surface area contributed by atoms with Gasteiger partial charge in [-0.05, 0) is 52.0 Å². The van der Waals surface area contributed by atoms with E-state index in [0.29, 0.717) is 6.04 Å². The number of nitrogens with zero attached hydrogens (tertiary/aromatic N) is 3. The molecule has 19 heavy (non-hydrogen) atoms. The van der Waals surface area contributed by atoms with E-state index in [4.69, 9.17) is 0 Å². The topological polar surface area (TPSA) is 53.6 Å². The molecule has 1 aromatic heterocycles. The van der Waals surface area contributed by atoms with Gasteiger partial charge in [0.1, 0.15) is 5.54 Å². The van der Waals surface area contributed by atoms with Crippen LogP contribution in [-0.4, -0.2) is 21.4 Å². The zero-order chi connectivity index (χ0) is 14.0. The molecule has 0 amide bonds. The van der Waals surface area contributed by atoms with Crippen LogP contribution < -0.4 is 5.32 Å². The van der Waals surface area contributed by atoms with Crippen LogP contribution >= 0.6 is 0 Å². The highest BCUT2D eigenvalue weighted by Crippen LogP contribution is 2.24. The van der Waals surface area contributed by atoms with Gasteiger partial charge >= 0.3 is 0 Å². The molecule has 0 spiro atoms. The maximum Gasteiger partial charge on any atom is 0.105 e. The summed E-state index contributed by atoms with van der Waals surface area (Å²) in [5, 5.41) is 17.4. The smallest absolute Gasteiger partial charge is 0.105 e. The normalized spacial score (nSPS) is 18.1. The van der Waals surface area contributed by atoms with Gasteiger partial charge in [0.15, 0.2) is 0 Å². The minimum absolute atomic E-state index is 0.431. The van der Waals surface area contributed by atoms with Gasteiger partial charge in [-0.3, -0.25) is 10.00 Å². The molecule has 1 fully saturated rings. The molecule has 4 heteroatoms. The van der Waals surface area contributed by atoms with Crippen LogP contribution in [0.2, 0.25) is 0 Å². The SMILES string of the molecule is CCc1c(C)nn(CCC(C)(C#N)NC2CC2)c1C. The molecule has 0 radical (unpaired) electrons. The third-order valence-electron chi connectivity index (χ3n) is 4.06. The van der Waals surface area contributed by atoms with Gasteiger partial charge in [-0.15, -0.1) is 0 Å². The van der Waals surface area contributed by atoms with Crippen LogP contribution in [-0.2, 0) is 13.0 Å². The second-order valence-corrected chi connectivity index (χ2v) is 5.84. The summed E-state index contributed by atoms with van der Waals surface area (Å²) in [4.78, 5) is 0. The summed E-state index contributed by atoms with van der Waals surface area (Å²) in [6.07, 6.45) is 4.23. The molecule has 104 valence electrons. The van der Waals surface area contributed by atoms with Crippen molar-refractivity contribution < 1.29 is 0 Å². The Labute approximate surface area is 115 Å². The third-order valence-corrected chi connectivity index (χ3v) is 4.06. The van der Waals surface area contributed by atoms with Crippen LogP contribution in [0.4, 0.5) is 0 Å². The molecule has 1 heterocycles. The Hall–Kier alpha value is -1.34. The van der Waals surface area contributed by atoms with E-state index in [2.05, 4.69) is 41.9 Å². The molecular weight excluding hydrogens is 236 g/mol. The molecule has 0 saturated heterocycles. The van der Waals surface area contributed by atoms with E-state index in [1.54, 1.807) is 0 Å². The molecule has 1 unspecified atom stereocenters. The van der Waals surface area contributed by atoms with Crippen molar-refractivity contribution in [2.45, 2.75) is 71.5 Å². The fraction of sp³-hybridized carbons (Fsp3) is 0.733. The molecule has 1 N–H and O–H groups in total. The van der Waals surface area contributed by atoms with E-state index < -0.39 is 5.54 Å². The summed E-state index contributed by atoms with van der Waals surface area (Å²) >= 11 is 0. The van der Waals surface area contributed by atoms with Crippen LogP contribution in [0.15, 0.2) is 0 Å². The number of aromatic nitrogens is 2. The van der Waals surface area contributed by atoms with Gasteiger partial charge in [-0.2, -0.15) is 10.4 Å². The number of aryl methyl sites for hydroxylation is 2. The van der Waals surface area contributed by atoms with Crippen molar-refractivity contribution in [1.29, 1.82) is 5.26 Å². The highest BCUT2D eigenvalue weighted by Gasteiger charge is 2.32. The van der Waals surface area contributed by atoms with Crippen LogP contribution in [0.5, 0.6) is 0 Å². The molecule has 2 rings (SSSR count). The summed E-state index contributed by atoms with van der Waals surface area (Å²) < 4.78 is 2.05. The van der Waals surface area contributed by atoms with Crippen molar-refractivity contribution in [1.82, 2.24) is 15.1 Å². The molecule has 4 nitrogen and oxygen atoms in total. The maximum absolute atomic E-state index is 9.37. The van der Waals surface area contributed by atoms with Gasteiger partial charge in [0.05, 0.1) is 11.8 Å².